The van der Waals surface area contributed by atoms with Gasteiger partial charge in [0.1, 0.15) is 5.82 Å². The third kappa shape index (κ3) is 57.7. The third-order valence-electron chi connectivity index (χ3n) is 18.9. The zero-order valence-electron chi connectivity index (χ0n) is 77.1. The predicted octanol–water partition coefficient (Wildman–Crippen LogP) is 8.84. The largest absolute Gasteiger partial charge is 0.398 e. The van der Waals surface area contributed by atoms with Crippen LogP contribution in [-0.2, 0) is 159 Å². The van der Waals surface area contributed by atoms with Crippen molar-refractivity contribution < 1.29 is 161 Å². The van der Waals surface area contributed by atoms with Gasteiger partial charge in [-0.1, -0.05) is 67.9 Å². The molecule has 1 aromatic heterocycles. The van der Waals surface area contributed by atoms with Crippen molar-refractivity contribution in [3.05, 3.63) is 69.8 Å². The monoisotopic (exact) mass is 1920 g/mol. The zero-order chi connectivity index (χ0) is 92.7. The van der Waals surface area contributed by atoms with Gasteiger partial charge in [0, 0.05) is 82.7 Å². The van der Waals surface area contributed by atoms with Crippen molar-refractivity contribution in [2.45, 2.75) is 103 Å². The van der Waals surface area contributed by atoms with E-state index in [1.807, 2.05) is 36.4 Å². The summed E-state index contributed by atoms with van der Waals surface area (Å²) in [6, 6.07) is 9.96. The van der Waals surface area contributed by atoms with Gasteiger partial charge in [-0.15, -0.1) is 9.40 Å². The van der Waals surface area contributed by atoms with E-state index >= 15 is 0 Å². The third-order valence-corrected chi connectivity index (χ3v) is 20.2. The maximum Gasteiger partial charge on any atom is 0.374 e. The van der Waals surface area contributed by atoms with Crippen molar-refractivity contribution in [2.24, 2.45) is 0 Å². The lowest BCUT2D eigenvalue weighted by Crippen LogP contribution is -2.35. The van der Waals surface area contributed by atoms with Gasteiger partial charge in [0.25, 0.3) is 17.3 Å². The number of ether oxygens (including phenoxy) is 24. The quantitative estimate of drug-likeness (QED) is 0.0133. The van der Waals surface area contributed by atoms with Gasteiger partial charge in [-0.05, 0) is 67.0 Å². The Morgan fingerprint density at radius 3 is 1.11 bits per heavy atom. The van der Waals surface area contributed by atoms with Crippen LogP contribution < -0.4 is 19.7 Å². The maximum atomic E-state index is 12.9. The summed E-state index contributed by atoms with van der Waals surface area (Å²) in [6.45, 7) is 30.7. The topological polar surface area (TPSA) is 376 Å². The molecule has 0 atom stereocenters. The van der Waals surface area contributed by atoms with Crippen molar-refractivity contribution in [3.8, 4) is 0 Å². The summed E-state index contributed by atoms with van der Waals surface area (Å²) in [5, 5.41) is 16.8. The summed E-state index contributed by atoms with van der Waals surface area (Å²) in [7, 11) is 1.64. The molecule has 2 aliphatic rings. The molecule has 130 heavy (non-hydrogen) atoms. The first-order chi connectivity index (χ1) is 63.8. The number of amides is 3. The molecule has 5 rings (SSSR count). The average Bonchev–Trinajstić information content (AvgIpc) is 1.61. The lowest BCUT2D eigenvalue weighted by atomic mass is 9.87. The average molecular weight is 1920 g/mol. The van der Waals surface area contributed by atoms with Crippen molar-refractivity contribution in [1.82, 2.24) is 10.4 Å². The minimum absolute atomic E-state index is 0.0235. The molecular weight excluding hydrogens is 1770 g/mol. The number of nitrogens with zero attached hydrogens (tertiary/aromatic N) is 4. The second-order valence-electron chi connectivity index (χ2n) is 29.9. The molecule has 2 aliphatic heterocycles. The van der Waals surface area contributed by atoms with E-state index < -0.39 is 17.8 Å². The van der Waals surface area contributed by atoms with Gasteiger partial charge in [-0.2, -0.15) is 4.57 Å². The molecule has 1 fully saturated rings. The number of halogens is 2. The molecule has 0 aliphatic carbocycles. The first-order valence-corrected chi connectivity index (χ1v) is 47.1. The summed E-state index contributed by atoms with van der Waals surface area (Å²) >= 11 is 14.4. The number of unbranched alkanes of at least 4 members (excludes halogenated alkanes) is 4. The van der Waals surface area contributed by atoms with Gasteiger partial charge in [0.15, 0.2) is 6.54 Å². The van der Waals surface area contributed by atoms with E-state index in [0.29, 0.717) is 402 Å². The number of rotatable bonds is 93. The minimum Gasteiger partial charge on any atom is -0.398 e. The molecule has 0 spiro atoms. The van der Waals surface area contributed by atoms with Crippen molar-refractivity contribution in [2.75, 3.05) is 353 Å². The Kier molecular flexibility index (Phi) is 71.1. The van der Waals surface area contributed by atoms with E-state index in [1.165, 1.54) is 0 Å². The Bertz CT molecular complexity index is 3360. The molecule has 41 heteroatoms. The van der Waals surface area contributed by atoms with E-state index in [9.17, 15) is 19.2 Å². The standard InChI is InChI=1S/C89H147Cl2N5O33S/c1-89(2,3)76-17-18-82-81(73-76)95(24-12-72-130-129-128-101)87(126-82)15-11-14-84-93(79-74-77(90)78(91)75-80(79)94(84)23-10-6-8-16-88(100)127-96-85(98)19-20-86(96)99)22-9-5-7-13-83(97)92-21-25-103-28-29-105-32-33-107-36-37-109-40-41-111-44-45-113-48-49-115-52-53-117-56-57-119-60-61-121-64-65-123-68-69-125-71-70-124-67-66-122-63-62-120-59-58-118-55-54-116-51-50-114-47-46-112-43-42-110-39-38-108-35-34-106-31-30-104-27-26-102-4/h11,14-15,17-18,73-75H,5-10,12-13,16,19-72H2,1-4H3,(H-,92,97,101)/p+1. The second-order valence-corrected chi connectivity index (χ2v) is 31.5. The van der Waals surface area contributed by atoms with Crippen LogP contribution in [0, 0.1) is 0 Å². The van der Waals surface area contributed by atoms with Crippen LogP contribution in [0.5, 0.6) is 0 Å². The molecule has 0 unspecified atom stereocenters. The summed E-state index contributed by atoms with van der Waals surface area (Å²) in [6.07, 6.45) is 11.0. The molecule has 0 radical (unpaired) electrons. The number of fused-ring (bicyclic) bond motifs is 2. The highest BCUT2D eigenvalue weighted by atomic mass is 35.5. The lowest BCUT2D eigenvalue weighted by Gasteiger charge is -2.25. The fourth-order valence-electron chi connectivity index (χ4n) is 12.2. The van der Waals surface area contributed by atoms with E-state index in [4.69, 9.17) is 151 Å². The van der Waals surface area contributed by atoms with Crippen molar-refractivity contribution in [3.63, 3.8) is 0 Å². The van der Waals surface area contributed by atoms with Crippen LogP contribution in [0.2, 0.25) is 10.0 Å². The highest BCUT2D eigenvalue weighted by Gasteiger charge is 2.34. The molecule has 1 saturated heterocycles. The maximum absolute atomic E-state index is 12.9. The van der Waals surface area contributed by atoms with E-state index in [1.54, 1.807) is 7.11 Å². The zero-order valence-corrected chi connectivity index (χ0v) is 79.5. The molecular formula is C89H148Cl2N5O33S+. The van der Waals surface area contributed by atoms with E-state index in [-0.39, 0.29) is 30.6 Å². The van der Waals surface area contributed by atoms with Crippen LogP contribution in [0.15, 0.2) is 52.7 Å². The van der Waals surface area contributed by atoms with Gasteiger partial charge in [-0.3, -0.25) is 14.4 Å². The molecule has 0 bridgehead atoms. The number of hydroxylamine groups is 2. The molecule has 746 valence electrons. The van der Waals surface area contributed by atoms with Gasteiger partial charge in [-0.25, -0.2) is 10.1 Å². The van der Waals surface area contributed by atoms with Crippen LogP contribution in [0.25, 0.3) is 17.2 Å². The number of methoxy groups -OCH3 is 1. The fraction of sp³-hybridized carbons (Fsp3) is 0.764. The number of allylic oxidation sites excluding steroid dienone is 2. The summed E-state index contributed by atoms with van der Waals surface area (Å²) < 4.78 is 146. The Balaban J connectivity index is 0.728. The molecule has 2 aromatic carbocycles. The number of anilines is 2. The molecule has 38 nitrogen and oxygen atoms in total. The van der Waals surface area contributed by atoms with Crippen molar-refractivity contribution in [1.29, 1.82) is 0 Å². The first-order valence-electron chi connectivity index (χ1n) is 45.4. The van der Waals surface area contributed by atoms with Crippen LogP contribution >= 0.6 is 35.2 Å². The normalized spacial score (nSPS) is 13.4. The van der Waals surface area contributed by atoms with Crippen LogP contribution in [0.4, 0.5) is 11.4 Å². The van der Waals surface area contributed by atoms with Crippen LogP contribution in [0.3, 0.4) is 0 Å². The number of aryl methyl sites for hydroxylation is 1. The van der Waals surface area contributed by atoms with Gasteiger partial charge >= 0.3 is 11.9 Å². The highest BCUT2D eigenvalue weighted by molar-refractivity contribution is 7.94. The number of hydrogen-bond donors (Lipinski definition) is 2. The number of carbonyl (C=O) groups is 4. The second kappa shape index (κ2) is 80.1. The Labute approximate surface area is 781 Å². The van der Waals surface area contributed by atoms with Crippen LogP contribution in [-0.4, -0.2) is 377 Å². The fourth-order valence-corrected chi connectivity index (χ4v) is 12.8. The molecule has 2 N–H and O–H groups in total. The Hall–Kier alpha value is -5.08. The molecule has 0 saturated carbocycles. The van der Waals surface area contributed by atoms with Gasteiger partial charge in [0.2, 0.25) is 11.5 Å². The molecule has 3 amide bonds. The number of nitrogens with one attached hydrogen (secondary N) is 1. The molecule has 3 heterocycles. The highest BCUT2D eigenvalue weighted by Crippen LogP contribution is 2.46. The summed E-state index contributed by atoms with van der Waals surface area (Å²) in [5.41, 5.74) is 4.45. The summed E-state index contributed by atoms with van der Waals surface area (Å²) in [5.74, 6) is 0.299. The smallest absolute Gasteiger partial charge is 0.374 e. The molecule has 3 aromatic rings. The Morgan fingerprint density at radius 2 is 0.777 bits per heavy atom. The number of oxazole rings is 1. The number of benzene rings is 2. The van der Waals surface area contributed by atoms with Gasteiger partial charge in [0.05, 0.1) is 338 Å². The van der Waals surface area contributed by atoms with Crippen LogP contribution in [0.1, 0.15) is 103 Å². The number of imide groups is 1. The number of hydrogen-bond acceptors (Lipinski definition) is 36. The number of aromatic nitrogens is 1. The SMILES string of the molecule is COCCOCCOCCOCCOCCOCCOCCOCCOCCOCCOCCOCCOCCOCCOCCOCCOCCOCCOCCOCCOCCOCCOCCOCCNC(=O)CCCCCN1C(=CC=Cc2oc3ccc(C(C)(C)C)cc3[n+]2CCCSOOO)N(CCCCCC(=O)ON2C(=O)CCC2=O)c2cc(Cl)c(Cl)cc21. The number of carbonyl (C=O) groups excluding carboxylic acids is 4. The Morgan fingerprint density at radius 1 is 0.446 bits per heavy atom. The van der Waals surface area contributed by atoms with E-state index in [2.05, 4.69) is 62.0 Å². The predicted molar refractivity (Wildman–Crippen MR) is 483 cm³/mol. The van der Waals surface area contributed by atoms with E-state index in [0.717, 1.165) is 58.7 Å². The van der Waals surface area contributed by atoms with Crippen molar-refractivity contribution >= 4 is 87.5 Å². The first kappa shape index (κ1) is 115. The minimum atomic E-state index is -0.638. The summed E-state index contributed by atoms with van der Waals surface area (Å²) in [4.78, 5) is 59.1. The lowest BCUT2D eigenvalue weighted by molar-refractivity contribution is -0.677. The van der Waals surface area contributed by atoms with Gasteiger partial charge < -0.3 is 138 Å².